The summed E-state index contributed by atoms with van der Waals surface area (Å²) in [6, 6.07) is 3.52. The summed E-state index contributed by atoms with van der Waals surface area (Å²) in [4.78, 5) is 21.6. The van der Waals surface area contributed by atoms with Crippen molar-refractivity contribution in [3.8, 4) is 0 Å². The highest BCUT2D eigenvalue weighted by molar-refractivity contribution is 5.79. The average molecular weight is 357 g/mol. The van der Waals surface area contributed by atoms with E-state index in [1.807, 2.05) is 17.9 Å². The fourth-order valence-electron chi connectivity index (χ4n) is 3.12. The molecule has 0 radical (unpaired) electrons. The van der Waals surface area contributed by atoms with Crippen LogP contribution in [-0.2, 0) is 16.0 Å². The smallest absolute Gasteiger partial charge is 0.226 e. The van der Waals surface area contributed by atoms with Gasteiger partial charge in [-0.25, -0.2) is 4.98 Å². The third-order valence-corrected chi connectivity index (χ3v) is 4.56. The van der Waals surface area contributed by atoms with Crippen LogP contribution in [0.4, 0.5) is 5.82 Å². The second-order valence-electron chi connectivity index (χ2n) is 6.22. The topological polar surface area (TPSA) is 126 Å². The Morgan fingerprint density at radius 2 is 2.31 bits per heavy atom. The predicted molar refractivity (Wildman–Crippen MR) is 90.5 cm³/mol. The summed E-state index contributed by atoms with van der Waals surface area (Å²) in [6.07, 6.45) is 1.69. The number of aromatic amines is 1. The molecule has 1 fully saturated rings. The standard InChI is InChI=1S/C15H19N9O2/c1-9-10(17-8-16-9)5-15(25)18-11-6-23(7-12(11)26-2)14-4-3-13-19-21-22-24(13)20-14/h3-4,8,11-12H,5-7H2,1-2H3,(H,16,17)(H,18,25)/t11-,12-/m1/s1. The van der Waals surface area contributed by atoms with Crippen LogP contribution in [0.2, 0.25) is 0 Å². The summed E-state index contributed by atoms with van der Waals surface area (Å²) in [5.41, 5.74) is 2.23. The molecule has 0 spiro atoms. The van der Waals surface area contributed by atoms with E-state index in [4.69, 9.17) is 4.74 Å². The summed E-state index contributed by atoms with van der Waals surface area (Å²) >= 11 is 0. The number of fused-ring (bicyclic) bond motifs is 1. The molecule has 1 amide bonds. The molecular weight excluding hydrogens is 338 g/mol. The van der Waals surface area contributed by atoms with Crippen molar-refractivity contribution in [2.24, 2.45) is 0 Å². The Hall–Kier alpha value is -3.08. The molecule has 1 aliphatic rings. The first-order valence-corrected chi connectivity index (χ1v) is 8.25. The molecule has 4 rings (SSSR count). The molecule has 11 nitrogen and oxygen atoms in total. The van der Waals surface area contributed by atoms with Crippen LogP contribution in [0.3, 0.4) is 0 Å². The highest BCUT2D eigenvalue weighted by Crippen LogP contribution is 2.20. The number of tetrazole rings is 1. The number of aromatic nitrogens is 7. The van der Waals surface area contributed by atoms with Gasteiger partial charge in [0.25, 0.3) is 0 Å². The van der Waals surface area contributed by atoms with Gasteiger partial charge < -0.3 is 19.9 Å². The van der Waals surface area contributed by atoms with E-state index in [0.29, 0.717) is 18.7 Å². The molecule has 2 atom stereocenters. The molecule has 0 aliphatic carbocycles. The molecule has 1 aliphatic heterocycles. The molecule has 26 heavy (non-hydrogen) atoms. The summed E-state index contributed by atoms with van der Waals surface area (Å²) in [5.74, 6) is 0.643. The van der Waals surface area contributed by atoms with E-state index in [1.54, 1.807) is 19.5 Å². The molecule has 0 saturated carbocycles. The lowest BCUT2D eigenvalue weighted by Gasteiger charge is -2.18. The Balaban J connectivity index is 1.45. The van der Waals surface area contributed by atoms with Crippen LogP contribution in [0, 0.1) is 6.92 Å². The molecular formula is C15H19N9O2. The van der Waals surface area contributed by atoms with Crippen LogP contribution >= 0.6 is 0 Å². The molecule has 1 saturated heterocycles. The number of carbonyl (C=O) groups excluding carboxylic acids is 1. The molecule has 3 aromatic heterocycles. The Morgan fingerprint density at radius 3 is 3.08 bits per heavy atom. The van der Waals surface area contributed by atoms with Gasteiger partial charge in [-0.3, -0.25) is 4.79 Å². The van der Waals surface area contributed by atoms with Crippen molar-refractivity contribution >= 4 is 17.4 Å². The number of methoxy groups -OCH3 is 1. The molecule has 136 valence electrons. The van der Waals surface area contributed by atoms with Gasteiger partial charge in [-0.05, 0) is 29.5 Å². The van der Waals surface area contributed by atoms with Gasteiger partial charge in [0.15, 0.2) is 11.5 Å². The first-order valence-electron chi connectivity index (χ1n) is 8.25. The first kappa shape index (κ1) is 16.4. The Kier molecular flexibility index (Phi) is 4.21. The lowest BCUT2D eigenvalue weighted by Crippen LogP contribution is -2.44. The summed E-state index contributed by atoms with van der Waals surface area (Å²) in [5, 5.41) is 18.7. The van der Waals surface area contributed by atoms with Crippen LogP contribution in [0.5, 0.6) is 0 Å². The zero-order chi connectivity index (χ0) is 18.1. The highest BCUT2D eigenvalue weighted by atomic mass is 16.5. The third kappa shape index (κ3) is 3.08. The number of aryl methyl sites for hydroxylation is 1. The van der Waals surface area contributed by atoms with Crippen molar-refractivity contribution in [2.75, 3.05) is 25.1 Å². The van der Waals surface area contributed by atoms with Gasteiger partial charge in [0, 0.05) is 25.9 Å². The van der Waals surface area contributed by atoms with Gasteiger partial charge in [0.2, 0.25) is 5.91 Å². The van der Waals surface area contributed by atoms with Crippen molar-refractivity contribution in [3.05, 3.63) is 29.8 Å². The van der Waals surface area contributed by atoms with Crippen molar-refractivity contribution in [1.29, 1.82) is 0 Å². The largest absolute Gasteiger partial charge is 0.377 e. The number of anilines is 1. The van der Waals surface area contributed by atoms with Crippen LogP contribution in [0.25, 0.3) is 5.65 Å². The summed E-state index contributed by atoms with van der Waals surface area (Å²) in [7, 11) is 1.64. The minimum Gasteiger partial charge on any atom is -0.377 e. The lowest BCUT2D eigenvalue weighted by atomic mass is 10.2. The number of ether oxygens (including phenoxy) is 1. The summed E-state index contributed by atoms with van der Waals surface area (Å²) < 4.78 is 6.93. The van der Waals surface area contributed by atoms with E-state index >= 15 is 0 Å². The van der Waals surface area contributed by atoms with Gasteiger partial charge in [-0.15, -0.1) is 14.8 Å². The zero-order valence-electron chi connectivity index (χ0n) is 14.5. The molecule has 0 aromatic carbocycles. The zero-order valence-corrected chi connectivity index (χ0v) is 14.5. The number of amides is 1. The van der Waals surface area contributed by atoms with Crippen LogP contribution in [-0.4, -0.2) is 73.5 Å². The number of H-pyrrole nitrogens is 1. The number of nitrogens with one attached hydrogen (secondary N) is 2. The minimum absolute atomic E-state index is 0.0852. The average Bonchev–Trinajstić information content (AvgIpc) is 3.34. The number of carbonyl (C=O) groups is 1. The normalized spacial score (nSPS) is 20.0. The lowest BCUT2D eigenvalue weighted by molar-refractivity contribution is -0.121. The maximum atomic E-state index is 12.4. The highest BCUT2D eigenvalue weighted by Gasteiger charge is 2.35. The Labute approximate surface area is 148 Å². The van der Waals surface area contributed by atoms with Gasteiger partial charge in [0.05, 0.1) is 30.6 Å². The van der Waals surface area contributed by atoms with Gasteiger partial charge >= 0.3 is 0 Å². The maximum Gasteiger partial charge on any atom is 0.226 e. The second-order valence-corrected chi connectivity index (χ2v) is 6.22. The van der Waals surface area contributed by atoms with Crippen molar-refractivity contribution < 1.29 is 9.53 Å². The van der Waals surface area contributed by atoms with Gasteiger partial charge in [0.1, 0.15) is 0 Å². The molecule has 2 N–H and O–H groups in total. The maximum absolute atomic E-state index is 12.4. The van der Waals surface area contributed by atoms with E-state index in [2.05, 4.69) is 35.9 Å². The monoisotopic (exact) mass is 357 g/mol. The second kappa shape index (κ2) is 6.67. The number of hydrogen-bond donors (Lipinski definition) is 2. The molecule has 11 heteroatoms. The minimum atomic E-state index is -0.141. The Bertz CT molecular complexity index is 921. The van der Waals surface area contributed by atoms with E-state index in [9.17, 15) is 4.79 Å². The van der Waals surface area contributed by atoms with E-state index in [-0.39, 0.29) is 24.5 Å². The predicted octanol–water partition coefficient (Wildman–Crippen LogP) is -0.887. The first-order chi connectivity index (χ1) is 12.6. The fourth-order valence-corrected chi connectivity index (χ4v) is 3.12. The van der Waals surface area contributed by atoms with Gasteiger partial charge in [-0.2, -0.15) is 0 Å². The molecule has 0 bridgehead atoms. The quantitative estimate of drug-likeness (QED) is 0.602. The van der Waals surface area contributed by atoms with Crippen LogP contribution in [0.15, 0.2) is 18.5 Å². The third-order valence-electron chi connectivity index (χ3n) is 4.56. The van der Waals surface area contributed by atoms with E-state index in [1.165, 1.54) is 4.63 Å². The number of imidazole rings is 1. The van der Waals surface area contributed by atoms with Crippen LogP contribution < -0.4 is 10.2 Å². The molecule has 4 heterocycles. The van der Waals surface area contributed by atoms with Gasteiger partial charge in [-0.1, -0.05) is 0 Å². The number of hydrogen-bond acceptors (Lipinski definition) is 8. The van der Waals surface area contributed by atoms with Crippen molar-refractivity contribution in [2.45, 2.75) is 25.5 Å². The molecule has 0 unspecified atom stereocenters. The SMILES string of the molecule is CO[C@@H]1CN(c2ccc3nnnn3n2)C[C@H]1NC(=O)Cc1nc[nH]c1C. The van der Waals surface area contributed by atoms with Crippen molar-refractivity contribution in [1.82, 2.24) is 40.5 Å². The van der Waals surface area contributed by atoms with E-state index in [0.717, 1.165) is 17.2 Å². The molecule has 3 aromatic rings. The number of nitrogens with zero attached hydrogens (tertiary/aromatic N) is 7. The van der Waals surface area contributed by atoms with Crippen LogP contribution in [0.1, 0.15) is 11.4 Å². The van der Waals surface area contributed by atoms with Crippen molar-refractivity contribution in [3.63, 3.8) is 0 Å². The number of rotatable bonds is 5. The fraction of sp³-hybridized carbons (Fsp3) is 0.467. The summed E-state index contributed by atoms with van der Waals surface area (Å²) in [6.45, 7) is 3.10. The van der Waals surface area contributed by atoms with E-state index < -0.39 is 0 Å². The Morgan fingerprint density at radius 1 is 1.42 bits per heavy atom.